The maximum absolute atomic E-state index is 8.87. The van der Waals surface area contributed by atoms with Crippen LogP contribution in [0.4, 0.5) is 0 Å². The Bertz CT molecular complexity index is 187. The third-order valence-electron chi connectivity index (χ3n) is 4.73. The van der Waals surface area contributed by atoms with Crippen molar-refractivity contribution >= 4 is 0 Å². The number of hydrogen-bond acceptors (Lipinski definition) is 4. The first kappa shape index (κ1) is 13.3. The minimum atomic E-state index is 0.334. The van der Waals surface area contributed by atoms with Gasteiger partial charge in [-0.2, -0.15) is 0 Å². The highest BCUT2D eigenvalue weighted by Gasteiger charge is 2.26. The monoisotopic (exact) mass is 242 g/mol. The third-order valence-corrected chi connectivity index (χ3v) is 4.73. The van der Waals surface area contributed by atoms with Crippen LogP contribution < -0.4 is 11.0 Å². The van der Waals surface area contributed by atoms with E-state index in [-0.39, 0.29) is 0 Å². The molecule has 2 saturated carbocycles. The quantitative estimate of drug-likeness (QED) is 0.572. The van der Waals surface area contributed by atoms with Crippen LogP contribution in [0.5, 0.6) is 0 Å². The SMILES string of the molecule is ONC1CCC(CC2CCC(NO)CC2)CC1. The van der Waals surface area contributed by atoms with Crippen LogP contribution in [-0.2, 0) is 0 Å². The van der Waals surface area contributed by atoms with Crippen molar-refractivity contribution in [1.82, 2.24) is 11.0 Å². The molecule has 0 atom stereocenters. The average Bonchev–Trinajstić information content (AvgIpc) is 2.40. The van der Waals surface area contributed by atoms with E-state index in [0.717, 1.165) is 37.5 Å². The first-order valence-corrected chi connectivity index (χ1v) is 7.11. The summed E-state index contributed by atoms with van der Waals surface area (Å²) in [7, 11) is 0. The first-order chi connectivity index (χ1) is 8.31. The van der Waals surface area contributed by atoms with E-state index >= 15 is 0 Å². The van der Waals surface area contributed by atoms with Crippen LogP contribution in [0, 0.1) is 11.8 Å². The summed E-state index contributed by atoms with van der Waals surface area (Å²) >= 11 is 0. The molecule has 0 aliphatic heterocycles. The van der Waals surface area contributed by atoms with E-state index in [1.165, 1.54) is 32.1 Å². The summed E-state index contributed by atoms with van der Waals surface area (Å²) in [5.74, 6) is 1.73. The molecule has 0 aromatic carbocycles. The minimum absolute atomic E-state index is 0.334. The Labute approximate surface area is 104 Å². The molecule has 0 saturated heterocycles. The van der Waals surface area contributed by atoms with Crippen molar-refractivity contribution in [3.63, 3.8) is 0 Å². The third kappa shape index (κ3) is 3.91. The van der Waals surface area contributed by atoms with E-state index in [4.69, 9.17) is 10.4 Å². The highest BCUT2D eigenvalue weighted by atomic mass is 16.5. The normalized spacial score (nSPS) is 39.2. The Kier molecular flexibility index (Phi) is 5.22. The summed E-state index contributed by atoms with van der Waals surface area (Å²) in [6.07, 6.45) is 10.9. The van der Waals surface area contributed by atoms with E-state index in [9.17, 15) is 0 Å². The maximum Gasteiger partial charge on any atom is 0.0319 e. The zero-order chi connectivity index (χ0) is 12.1. The highest BCUT2D eigenvalue weighted by molar-refractivity contribution is 4.80. The number of hydrogen-bond donors (Lipinski definition) is 4. The van der Waals surface area contributed by atoms with Crippen LogP contribution in [0.3, 0.4) is 0 Å². The van der Waals surface area contributed by atoms with Gasteiger partial charge in [-0.05, 0) is 69.6 Å². The van der Waals surface area contributed by atoms with Gasteiger partial charge in [0.05, 0.1) is 0 Å². The van der Waals surface area contributed by atoms with Crippen LogP contribution in [-0.4, -0.2) is 22.5 Å². The molecule has 2 rings (SSSR count). The van der Waals surface area contributed by atoms with Gasteiger partial charge in [-0.15, -0.1) is 0 Å². The fourth-order valence-electron chi connectivity index (χ4n) is 3.53. The molecule has 4 heteroatoms. The topological polar surface area (TPSA) is 64.5 Å². The lowest BCUT2D eigenvalue weighted by atomic mass is 9.76. The molecule has 0 heterocycles. The molecular formula is C13H26N2O2. The van der Waals surface area contributed by atoms with Gasteiger partial charge in [0.15, 0.2) is 0 Å². The number of hydroxylamine groups is 2. The second-order valence-electron chi connectivity index (χ2n) is 5.93. The number of rotatable bonds is 4. The molecule has 0 radical (unpaired) electrons. The lowest BCUT2D eigenvalue weighted by molar-refractivity contribution is 0.0814. The Balaban J connectivity index is 1.65. The van der Waals surface area contributed by atoms with Gasteiger partial charge in [-0.25, -0.2) is 11.0 Å². The van der Waals surface area contributed by atoms with Crippen LogP contribution in [0.15, 0.2) is 0 Å². The fraction of sp³-hybridized carbons (Fsp3) is 1.00. The molecule has 0 bridgehead atoms. The Morgan fingerprint density at radius 3 is 1.29 bits per heavy atom. The van der Waals surface area contributed by atoms with Crippen molar-refractivity contribution < 1.29 is 10.4 Å². The fourth-order valence-corrected chi connectivity index (χ4v) is 3.53. The molecule has 2 aliphatic carbocycles. The van der Waals surface area contributed by atoms with Crippen LogP contribution >= 0.6 is 0 Å². The van der Waals surface area contributed by atoms with Gasteiger partial charge in [0.1, 0.15) is 0 Å². The van der Waals surface area contributed by atoms with Crippen LogP contribution in [0.2, 0.25) is 0 Å². The van der Waals surface area contributed by atoms with E-state index < -0.39 is 0 Å². The summed E-state index contributed by atoms with van der Waals surface area (Å²) in [6, 6.07) is 0.668. The predicted molar refractivity (Wildman–Crippen MR) is 66.0 cm³/mol. The minimum Gasteiger partial charge on any atom is -0.317 e. The van der Waals surface area contributed by atoms with Crippen molar-refractivity contribution in [2.24, 2.45) is 11.8 Å². The average molecular weight is 242 g/mol. The Hall–Kier alpha value is -0.160. The second-order valence-corrected chi connectivity index (χ2v) is 5.93. The number of nitrogens with one attached hydrogen (secondary N) is 2. The molecule has 100 valence electrons. The van der Waals surface area contributed by atoms with E-state index in [1.54, 1.807) is 0 Å². The molecule has 0 amide bonds. The van der Waals surface area contributed by atoms with E-state index in [0.29, 0.717) is 12.1 Å². The Morgan fingerprint density at radius 2 is 1.00 bits per heavy atom. The smallest absolute Gasteiger partial charge is 0.0319 e. The van der Waals surface area contributed by atoms with Crippen molar-refractivity contribution in [2.75, 3.05) is 0 Å². The molecule has 2 aliphatic rings. The zero-order valence-electron chi connectivity index (χ0n) is 10.6. The van der Waals surface area contributed by atoms with Gasteiger partial charge in [0.2, 0.25) is 0 Å². The predicted octanol–water partition coefficient (Wildman–Crippen LogP) is 2.45. The molecule has 0 aromatic rings. The van der Waals surface area contributed by atoms with E-state index in [1.807, 2.05) is 0 Å². The summed E-state index contributed by atoms with van der Waals surface area (Å²) in [5.41, 5.74) is 4.81. The summed E-state index contributed by atoms with van der Waals surface area (Å²) in [5, 5.41) is 17.7. The van der Waals surface area contributed by atoms with Gasteiger partial charge >= 0.3 is 0 Å². The molecule has 0 aromatic heterocycles. The van der Waals surface area contributed by atoms with Gasteiger partial charge in [0, 0.05) is 12.1 Å². The largest absolute Gasteiger partial charge is 0.317 e. The molecule has 0 unspecified atom stereocenters. The van der Waals surface area contributed by atoms with Gasteiger partial charge in [-0.3, -0.25) is 0 Å². The molecule has 0 spiro atoms. The van der Waals surface area contributed by atoms with Crippen LogP contribution in [0.1, 0.15) is 57.8 Å². The van der Waals surface area contributed by atoms with Gasteiger partial charge in [-0.1, -0.05) is 0 Å². The first-order valence-electron chi connectivity index (χ1n) is 7.11. The van der Waals surface area contributed by atoms with Crippen molar-refractivity contribution in [1.29, 1.82) is 0 Å². The lowest BCUT2D eigenvalue weighted by Crippen LogP contribution is -2.33. The molecular weight excluding hydrogens is 216 g/mol. The van der Waals surface area contributed by atoms with Gasteiger partial charge < -0.3 is 10.4 Å². The second kappa shape index (κ2) is 6.69. The van der Waals surface area contributed by atoms with Crippen molar-refractivity contribution in [2.45, 2.75) is 69.9 Å². The van der Waals surface area contributed by atoms with Crippen LogP contribution in [0.25, 0.3) is 0 Å². The maximum atomic E-state index is 8.87. The van der Waals surface area contributed by atoms with Crippen molar-refractivity contribution in [3.05, 3.63) is 0 Å². The summed E-state index contributed by atoms with van der Waals surface area (Å²) < 4.78 is 0. The Morgan fingerprint density at radius 1 is 0.647 bits per heavy atom. The zero-order valence-corrected chi connectivity index (χ0v) is 10.6. The molecule has 4 nitrogen and oxygen atoms in total. The van der Waals surface area contributed by atoms with Crippen molar-refractivity contribution in [3.8, 4) is 0 Å². The summed E-state index contributed by atoms with van der Waals surface area (Å²) in [6.45, 7) is 0. The lowest BCUT2D eigenvalue weighted by Gasteiger charge is -2.33. The molecule has 4 N–H and O–H groups in total. The van der Waals surface area contributed by atoms with E-state index in [2.05, 4.69) is 11.0 Å². The summed E-state index contributed by atoms with van der Waals surface area (Å²) in [4.78, 5) is 0. The standard InChI is InChI=1S/C13H26N2O2/c16-14-12-5-1-10(2-6-12)9-11-3-7-13(15-17)8-4-11/h10-17H,1-9H2. The molecule has 17 heavy (non-hydrogen) atoms. The van der Waals surface area contributed by atoms with Gasteiger partial charge in [0.25, 0.3) is 0 Å². The highest BCUT2D eigenvalue weighted by Crippen LogP contribution is 2.35. The molecule has 2 fully saturated rings.